The minimum absolute atomic E-state index is 0.200. The van der Waals surface area contributed by atoms with Crippen LogP contribution in [0.1, 0.15) is 6.92 Å². The molecule has 0 bridgehead atoms. The van der Waals surface area contributed by atoms with E-state index in [1.807, 2.05) is 26.1 Å². The molecule has 2 nitrogen and oxygen atoms in total. The lowest BCUT2D eigenvalue weighted by atomic mass is 10.3. The van der Waals surface area contributed by atoms with E-state index < -0.39 is 0 Å². The van der Waals surface area contributed by atoms with Crippen LogP contribution in [-0.4, -0.2) is 42.1 Å². The first-order valence-corrected chi connectivity index (χ1v) is 4.28. The highest BCUT2D eigenvalue weighted by atomic mass is 35.5. The van der Waals surface area contributed by atoms with Gasteiger partial charge in [-0.25, -0.2) is 0 Å². The summed E-state index contributed by atoms with van der Waals surface area (Å²) in [6.45, 7) is 3.02. The normalized spacial score (nSPS) is 14.6. The molecule has 11 heavy (non-hydrogen) atoms. The van der Waals surface area contributed by atoms with E-state index >= 15 is 0 Å². The van der Waals surface area contributed by atoms with Crippen molar-refractivity contribution in [1.29, 1.82) is 0 Å². The fraction of sp³-hybridized carbons (Fsp3) is 0.750. The molecule has 0 saturated carbocycles. The minimum Gasteiger partial charge on any atom is -0.395 e. The fourth-order valence-electron chi connectivity index (χ4n) is 0.623. The van der Waals surface area contributed by atoms with Crippen LogP contribution >= 0.6 is 11.6 Å². The van der Waals surface area contributed by atoms with Crippen molar-refractivity contribution >= 4 is 11.6 Å². The number of aliphatic hydroxyl groups excluding tert-OH is 1. The quantitative estimate of drug-likeness (QED) is 0.502. The van der Waals surface area contributed by atoms with Crippen molar-refractivity contribution < 1.29 is 5.11 Å². The summed E-state index contributed by atoms with van der Waals surface area (Å²) in [6.07, 6.45) is 3.90. The fourth-order valence-corrected chi connectivity index (χ4v) is 0.749. The molecule has 0 aliphatic heterocycles. The van der Waals surface area contributed by atoms with E-state index in [0.717, 1.165) is 6.54 Å². The first kappa shape index (κ1) is 11.0. The number of aliphatic hydroxyl groups is 1. The molecule has 0 aromatic carbocycles. The molecule has 3 heteroatoms. The molecule has 0 radical (unpaired) electrons. The Morgan fingerprint density at radius 3 is 2.64 bits per heavy atom. The van der Waals surface area contributed by atoms with Gasteiger partial charge in [0.1, 0.15) is 0 Å². The van der Waals surface area contributed by atoms with Crippen molar-refractivity contribution in [2.24, 2.45) is 0 Å². The summed E-state index contributed by atoms with van der Waals surface area (Å²) in [5.41, 5.74) is 0. The van der Waals surface area contributed by atoms with Gasteiger partial charge in [-0.2, -0.15) is 0 Å². The zero-order valence-electron chi connectivity index (χ0n) is 7.13. The average molecular weight is 178 g/mol. The number of likely N-dealkylation sites (N-methyl/N-ethyl adjacent to an activating group) is 1. The molecule has 66 valence electrons. The molecule has 0 fully saturated rings. The van der Waals surface area contributed by atoms with Gasteiger partial charge in [-0.3, -0.25) is 4.90 Å². The Labute approximate surface area is 73.5 Å². The van der Waals surface area contributed by atoms with E-state index in [-0.39, 0.29) is 12.6 Å². The Kier molecular flexibility index (Phi) is 6.62. The molecule has 0 amide bonds. The Bertz CT molecular complexity index is 117. The lowest BCUT2D eigenvalue weighted by Crippen LogP contribution is -2.31. The highest BCUT2D eigenvalue weighted by Crippen LogP contribution is 1.93. The molecule has 0 saturated heterocycles. The van der Waals surface area contributed by atoms with Crippen LogP contribution in [0, 0.1) is 0 Å². The topological polar surface area (TPSA) is 23.5 Å². The molecular weight excluding hydrogens is 162 g/mol. The van der Waals surface area contributed by atoms with Gasteiger partial charge in [0.05, 0.1) is 6.61 Å². The number of halogens is 1. The van der Waals surface area contributed by atoms with Gasteiger partial charge in [-0.1, -0.05) is 12.2 Å². The smallest absolute Gasteiger partial charge is 0.0584 e. The highest BCUT2D eigenvalue weighted by molar-refractivity contribution is 6.18. The molecule has 0 aromatic heterocycles. The molecule has 1 atom stereocenters. The van der Waals surface area contributed by atoms with Crippen LogP contribution in [0.3, 0.4) is 0 Å². The monoisotopic (exact) mass is 177 g/mol. The Morgan fingerprint density at radius 1 is 1.55 bits per heavy atom. The van der Waals surface area contributed by atoms with Gasteiger partial charge in [-0.15, -0.1) is 11.6 Å². The molecule has 0 heterocycles. The predicted molar refractivity (Wildman–Crippen MR) is 49.0 cm³/mol. The number of hydrogen-bond donors (Lipinski definition) is 1. The summed E-state index contributed by atoms with van der Waals surface area (Å²) in [4.78, 5) is 2.06. The van der Waals surface area contributed by atoms with Crippen molar-refractivity contribution in [2.75, 3.05) is 26.1 Å². The van der Waals surface area contributed by atoms with Crippen molar-refractivity contribution in [3.05, 3.63) is 12.2 Å². The summed E-state index contributed by atoms with van der Waals surface area (Å²) in [7, 11) is 1.97. The van der Waals surface area contributed by atoms with Crippen LogP contribution in [0.25, 0.3) is 0 Å². The maximum absolute atomic E-state index is 8.77. The van der Waals surface area contributed by atoms with Gasteiger partial charge in [0.2, 0.25) is 0 Å². The predicted octanol–water partition coefficient (Wildman–Crippen LogP) is 1.09. The van der Waals surface area contributed by atoms with E-state index in [1.165, 1.54) is 0 Å². The second-order valence-electron chi connectivity index (χ2n) is 2.60. The van der Waals surface area contributed by atoms with Crippen LogP contribution in [-0.2, 0) is 0 Å². The lowest BCUT2D eigenvalue weighted by Gasteiger charge is -2.20. The van der Waals surface area contributed by atoms with E-state index in [0.29, 0.717) is 5.88 Å². The summed E-state index contributed by atoms with van der Waals surface area (Å²) in [6, 6.07) is 0.218. The van der Waals surface area contributed by atoms with Crippen molar-refractivity contribution in [2.45, 2.75) is 13.0 Å². The number of hydrogen-bond acceptors (Lipinski definition) is 2. The molecule has 1 N–H and O–H groups in total. The molecular formula is C8H16ClNO. The number of nitrogens with zero attached hydrogens (tertiary/aromatic N) is 1. The largest absolute Gasteiger partial charge is 0.395 e. The Balaban J connectivity index is 3.50. The molecule has 0 rings (SSSR count). The van der Waals surface area contributed by atoms with Crippen LogP contribution in [0.4, 0.5) is 0 Å². The highest BCUT2D eigenvalue weighted by Gasteiger charge is 2.03. The zero-order valence-corrected chi connectivity index (χ0v) is 7.88. The first-order chi connectivity index (χ1) is 5.22. The third-order valence-corrected chi connectivity index (χ3v) is 1.84. The number of allylic oxidation sites excluding steroid dienone is 1. The van der Waals surface area contributed by atoms with Crippen molar-refractivity contribution in [3.63, 3.8) is 0 Å². The molecule has 0 spiro atoms. The van der Waals surface area contributed by atoms with E-state index in [1.54, 1.807) is 0 Å². The summed E-state index contributed by atoms with van der Waals surface area (Å²) < 4.78 is 0. The van der Waals surface area contributed by atoms with Crippen molar-refractivity contribution in [3.8, 4) is 0 Å². The molecule has 1 unspecified atom stereocenters. The molecule has 0 aromatic rings. The van der Waals surface area contributed by atoms with E-state index in [9.17, 15) is 0 Å². The standard InChI is InChI=1S/C8H16ClNO/c1-8(7-11)10(2)6-4-3-5-9/h3-4,8,11H,5-7H2,1-2H3/b4-3+. The van der Waals surface area contributed by atoms with Gasteiger partial charge in [0.25, 0.3) is 0 Å². The van der Waals surface area contributed by atoms with Gasteiger partial charge >= 0.3 is 0 Å². The molecule has 0 aliphatic carbocycles. The van der Waals surface area contributed by atoms with Gasteiger partial charge in [0.15, 0.2) is 0 Å². The number of rotatable bonds is 5. The van der Waals surface area contributed by atoms with Crippen molar-refractivity contribution in [1.82, 2.24) is 4.90 Å². The maximum Gasteiger partial charge on any atom is 0.0584 e. The SMILES string of the molecule is CC(CO)N(C)C/C=C/CCl. The second kappa shape index (κ2) is 6.65. The van der Waals surface area contributed by atoms with E-state index in [2.05, 4.69) is 4.90 Å². The first-order valence-electron chi connectivity index (χ1n) is 3.74. The van der Waals surface area contributed by atoms with Gasteiger partial charge in [-0.05, 0) is 14.0 Å². The average Bonchev–Trinajstić information content (AvgIpc) is 2.03. The third kappa shape index (κ3) is 5.24. The van der Waals surface area contributed by atoms with E-state index in [4.69, 9.17) is 16.7 Å². The summed E-state index contributed by atoms with van der Waals surface area (Å²) >= 11 is 5.44. The third-order valence-electron chi connectivity index (χ3n) is 1.67. The zero-order chi connectivity index (χ0) is 8.69. The van der Waals surface area contributed by atoms with Gasteiger partial charge in [0, 0.05) is 18.5 Å². The van der Waals surface area contributed by atoms with Crippen LogP contribution < -0.4 is 0 Å². The lowest BCUT2D eigenvalue weighted by molar-refractivity contribution is 0.170. The second-order valence-corrected chi connectivity index (χ2v) is 2.91. The van der Waals surface area contributed by atoms with Gasteiger partial charge < -0.3 is 5.11 Å². The van der Waals surface area contributed by atoms with Crippen LogP contribution in [0.2, 0.25) is 0 Å². The van der Waals surface area contributed by atoms with Crippen LogP contribution in [0.15, 0.2) is 12.2 Å². The Hall–Kier alpha value is -0.0500. The summed E-state index contributed by atoms with van der Waals surface area (Å²) in [5, 5.41) is 8.77. The number of alkyl halides is 1. The Morgan fingerprint density at radius 2 is 2.18 bits per heavy atom. The molecule has 0 aliphatic rings. The maximum atomic E-state index is 8.77. The van der Waals surface area contributed by atoms with Crippen LogP contribution in [0.5, 0.6) is 0 Å². The minimum atomic E-state index is 0.200. The summed E-state index contributed by atoms with van der Waals surface area (Å²) in [5.74, 6) is 0.557.